The molecular formula is C7H9NO2. The SMILES string of the molecule is COC(=O)/C=C/CCC#N. The number of unbranched alkanes of at least 4 members (excludes halogenated alkanes) is 1. The van der Waals surface area contributed by atoms with E-state index in [2.05, 4.69) is 4.74 Å². The van der Waals surface area contributed by atoms with Crippen molar-refractivity contribution in [3.05, 3.63) is 12.2 Å². The number of methoxy groups -OCH3 is 1. The molecule has 0 radical (unpaired) electrons. The summed E-state index contributed by atoms with van der Waals surface area (Å²) in [5, 5.41) is 8.09. The number of hydrogen-bond donors (Lipinski definition) is 0. The van der Waals surface area contributed by atoms with Crippen LogP contribution in [0.2, 0.25) is 0 Å². The number of hydrogen-bond acceptors (Lipinski definition) is 3. The van der Waals surface area contributed by atoms with Crippen molar-refractivity contribution < 1.29 is 9.53 Å². The molecule has 0 aromatic carbocycles. The molecule has 0 spiro atoms. The first-order valence-electron chi connectivity index (χ1n) is 2.92. The Morgan fingerprint density at radius 3 is 3.00 bits per heavy atom. The Kier molecular flexibility index (Phi) is 5.07. The van der Waals surface area contributed by atoms with Gasteiger partial charge >= 0.3 is 5.97 Å². The predicted octanol–water partition coefficient (Wildman–Crippen LogP) is 1.02. The van der Waals surface area contributed by atoms with Gasteiger partial charge in [0.15, 0.2) is 0 Å². The Hall–Kier alpha value is -1.30. The van der Waals surface area contributed by atoms with Crippen molar-refractivity contribution >= 4 is 5.97 Å². The third kappa shape index (κ3) is 4.85. The average Bonchev–Trinajstić information content (AvgIpc) is 1.98. The van der Waals surface area contributed by atoms with Crippen molar-refractivity contribution in [2.24, 2.45) is 0 Å². The first-order chi connectivity index (χ1) is 4.81. The maximum absolute atomic E-state index is 10.4. The minimum absolute atomic E-state index is 0.377. The highest BCUT2D eigenvalue weighted by Crippen LogP contribution is 1.88. The first kappa shape index (κ1) is 8.70. The Balaban J connectivity index is 3.38. The van der Waals surface area contributed by atoms with Gasteiger partial charge in [0.05, 0.1) is 13.2 Å². The van der Waals surface area contributed by atoms with Gasteiger partial charge in [0.1, 0.15) is 0 Å². The van der Waals surface area contributed by atoms with Crippen LogP contribution in [0, 0.1) is 11.3 Å². The molecule has 10 heavy (non-hydrogen) atoms. The van der Waals surface area contributed by atoms with Gasteiger partial charge in [-0.1, -0.05) is 6.08 Å². The number of esters is 1. The van der Waals surface area contributed by atoms with E-state index in [9.17, 15) is 4.79 Å². The van der Waals surface area contributed by atoms with Crippen LogP contribution >= 0.6 is 0 Å². The zero-order valence-corrected chi connectivity index (χ0v) is 5.83. The highest BCUT2D eigenvalue weighted by atomic mass is 16.5. The predicted molar refractivity (Wildman–Crippen MR) is 36.0 cm³/mol. The van der Waals surface area contributed by atoms with Crippen LogP contribution in [0.15, 0.2) is 12.2 Å². The Labute approximate surface area is 59.9 Å². The van der Waals surface area contributed by atoms with E-state index in [1.54, 1.807) is 6.08 Å². The van der Waals surface area contributed by atoms with Crippen molar-refractivity contribution in [2.75, 3.05) is 7.11 Å². The summed E-state index contributed by atoms with van der Waals surface area (Å²) in [6, 6.07) is 1.96. The van der Waals surface area contributed by atoms with Crippen LogP contribution in [-0.2, 0) is 9.53 Å². The quantitative estimate of drug-likeness (QED) is 0.333. The van der Waals surface area contributed by atoms with Crippen molar-refractivity contribution in [3.8, 4) is 6.07 Å². The summed E-state index contributed by atoms with van der Waals surface area (Å²) in [4.78, 5) is 10.4. The molecule has 0 amide bonds. The van der Waals surface area contributed by atoms with Gasteiger partial charge in [-0.3, -0.25) is 0 Å². The summed E-state index contributed by atoms with van der Waals surface area (Å²) in [6.07, 6.45) is 3.98. The number of allylic oxidation sites excluding steroid dienone is 1. The molecule has 0 aliphatic rings. The Bertz CT molecular complexity index is 167. The zero-order valence-electron chi connectivity index (χ0n) is 5.83. The molecule has 0 aromatic heterocycles. The topological polar surface area (TPSA) is 50.1 Å². The summed E-state index contributed by atoms with van der Waals surface area (Å²) in [5.74, 6) is -0.377. The third-order valence-electron chi connectivity index (χ3n) is 0.878. The van der Waals surface area contributed by atoms with Gasteiger partial charge in [-0.05, 0) is 6.42 Å². The van der Waals surface area contributed by atoms with E-state index in [1.165, 1.54) is 13.2 Å². The first-order valence-corrected chi connectivity index (χ1v) is 2.92. The molecule has 0 atom stereocenters. The van der Waals surface area contributed by atoms with Crippen LogP contribution < -0.4 is 0 Å². The molecule has 0 unspecified atom stereocenters. The zero-order chi connectivity index (χ0) is 7.82. The second kappa shape index (κ2) is 5.83. The van der Waals surface area contributed by atoms with E-state index in [0.717, 1.165) is 0 Å². The minimum atomic E-state index is -0.377. The van der Waals surface area contributed by atoms with E-state index in [0.29, 0.717) is 12.8 Å². The van der Waals surface area contributed by atoms with Gasteiger partial charge in [-0.2, -0.15) is 5.26 Å². The van der Waals surface area contributed by atoms with Crippen molar-refractivity contribution in [1.29, 1.82) is 5.26 Å². The van der Waals surface area contributed by atoms with Crippen molar-refractivity contribution in [1.82, 2.24) is 0 Å². The van der Waals surface area contributed by atoms with Crippen molar-refractivity contribution in [3.63, 3.8) is 0 Å². The molecule has 0 bridgehead atoms. The molecule has 0 N–H and O–H groups in total. The van der Waals surface area contributed by atoms with Crippen LogP contribution in [0.1, 0.15) is 12.8 Å². The Morgan fingerprint density at radius 2 is 2.50 bits per heavy atom. The molecule has 0 saturated carbocycles. The normalized spacial score (nSPS) is 9.20. The smallest absolute Gasteiger partial charge is 0.330 e. The second-order valence-corrected chi connectivity index (χ2v) is 1.62. The highest BCUT2D eigenvalue weighted by Gasteiger charge is 1.87. The van der Waals surface area contributed by atoms with E-state index in [-0.39, 0.29) is 5.97 Å². The van der Waals surface area contributed by atoms with E-state index < -0.39 is 0 Å². The molecule has 0 rings (SSSR count). The molecule has 0 aliphatic carbocycles. The number of nitrogens with zero attached hydrogens (tertiary/aromatic N) is 1. The maximum atomic E-state index is 10.4. The van der Waals surface area contributed by atoms with Crippen molar-refractivity contribution in [2.45, 2.75) is 12.8 Å². The fourth-order valence-electron chi connectivity index (χ4n) is 0.395. The lowest BCUT2D eigenvalue weighted by molar-refractivity contribution is -0.134. The largest absolute Gasteiger partial charge is 0.466 e. The number of carbonyl (C=O) groups is 1. The Morgan fingerprint density at radius 1 is 1.80 bits per heavy atom. The van der Waals surface area contributed by atoms with Crippen LogP contribution in [0.25, 0.3) is 0 Å². The second-order valence-electron chi connectivity index (χ2n) is 1.62. The van der Waals surface area contributed by atoms with Gasteiger partial charge in [0, 0.05) is 12.5 Å². The molecular weight excluding hydrogens is 130 g/mol. The van der Waals surface area contributed by atoms with Gasteiger partial charge in [0.2, 0.25) is 0 Å². The van der Waals surface area contributed by atoms with E-state index in [4.69, 9.17) is 5.26 Å². The molecule has 3 heteroatoms. The van der Waals surface area contributed by atoms with Gasteiger partial charge < -0.3 is 4.74 Å². The summed E-state index contributed by atoms with van der Waals surface area (Å²) in [6.45, 7) is 0. The van der Waals surface area contributed by atoms with Gasteiger partial charge in [0.25, 0.3) is 0 Å². The van der Waals surface area contributed by atoms with Crippen LogP contribution in [0.3, 0.4) is 0 Å². The molecule has 0 fully saturated rings. The van der Waals surface area contributed by atoms with E-state index in [1.807, 2.05) is 6.07 Å². The number of ether oxygens (including phenoxy) is 1. The molecule has 0 aliphatic heterocycles. The third-order valence-corrected chi connectivity index (χ3v) is 0.878. The summed E-state index contributed by atoms with van der Waals surface area (Å²) in [7, 11) is 1.32. The summed E-state index contributed by atoms with van der Waals surface area (Å²) < 4.78 is 4.32. The lowest BCUT2D eigenvalue weighted by Gasteiger charge is -1.87. The number of rotatable bonds is 3. The minimum Gasteiger partial charge on any atom is -0.466 e. The molecule has 0 aromatic rings. The van der Waals surface area contributed by atoms with E-state index >= 15 is 0 Å². The van der Waals surface area contributed by atoms with Crippen LogP contribution in [0.4, 0.5) is 0 Å². The highest BCUT2D eigenvalue weighted by molar-refractivity contribution is 5.81. The fraction of sp³-hybridized carbons (Fsp3) is 0.429. The monoisotopic (exact) mass is 139 g/mol. The lowest BCUT2D eigenvalue weighted by atomic mass is 10.3. The standard InChI is InChI=1S/C7H9NO2/c1-10-7(9)5-3-2-4-6-8/h3,5H,2,4H2,1H3/b5-3+. The summed E-state index contributed by atoms with van der Waals surface area (Å²) >= 11 is 0. The van der Waals surface area contributed by atoms with Gasteiger partial charge in [-0.15, -0.1) is 0 Å². The molecule has 0 heterocycles. The fourth-order valence-corrected chi connectivity index (χ4v) is 0.395. The van der Waals surface area contributed by atoms with Crippen LogP contribution in [0.5, 0.6) is 0 Å². The average molecular weight is 139 g/mol. The maximum Gasteiger partial charge on any atom is 0.330 e. The molecule has 0 saturated heterocycles. The summed E-state index contributed by atoms with van der Waals surface area (Å²) in [5.41, 5.74) is 0. The molecule has 54 valence electrons. The lowest BCUT2D eigenvalue weighted by Crippen LogP contribution is -1.93. The number of nitriles is 1. The number of carbonyl (C=O) groups excluding carboxylic acids is 1. The van der Waals surface area contributed by atoms with Crippen LogP contribution in [-0.4, -0.2) is 13.1 Å². The molecule has 3 nitrogen and oxygen atoms in total. The van der Waals surface area contributed by atoms with Gasteiger partial charge in [-0.25, -0.2) is 4.79 Å².